The predicted octanol–water partition coefficient (Wildman–Crippen LogP) is 2.49. The lowest BCUT2D eigenvalue weighted by Crippen LogP contribution is -2.45. The lowest BCUT2D eigenvalue weighted by atomic mass is 10.0. The average molecular weight is 591 g/mol. The number of carbonyl (C=O) groups is 4. The lowest BCUT2D eigenvalue weighted by Gasteiger charge is -2.32. The summed E-state index contributed by atoms with van der Waals surface area (Å²) in [5.74, 6) is 5.09. The molecule has 2 heterocycles. The standard InChI is InChI=1S/C32H38N4O7/c1-32(2,3)43-28(37)14-13-26(29(34)38)36-19-24-20(8-6-10-23(24)31(36)40)7-5-9-22-18-35(15-16-42-22)30(39)21-11-12-25(33)27(17-21)41-4/h6,8,10-12,17,22,26H,9,13-16,18-19,33H2,1-4H3,(H2,34,38)/t22-,26-/m0/s1. The molecular weight excluding hydrogens is 552 g/mol. The first-order chi connectivity index (χ1) is 20.4. The molecule has 1 saturated heterocycles. The number of esters is 1. The Morgan fingerprint density at radius 1 is 1.19 bits per heavy atom. The van der Waals surface area contributed by atoms with Crippen molar-refractivity contribution in [3.63, 3.8) is 0 Å². The second kappa shape index (κ2) is 13.2. The molecule has 1 fully saturated rings. The van der Waals surface area contributed by atoms with Crippen molar-refractivity contribution in [1.82, 2.24) is 9.80 Å². The second-order valence-corrected chi connectivity index (χ2v) is 11.5. The van der Waals surface area contributed by atoms with Crippen molar-refractivity contribution >= 4 is 29.4 Å². The number of ether oxygens (including phenoxy) is 3. The monoisotopic (exact) mass is 590 g/mol. The van der Waals surface area contributed by atoms with E-state index in [2.05, 4.69) is 11.8 Å². The lowest BCUT2D eigenvalue weighted by molar-refractivity contribution is -0.155. The van der Waals surface area contributed by atoms with Crippen LogP contribution in [0, 0.1) is 11.8 Å². The van der Waals surface area contributed by atoms with Crippen molar-refractivity contribution in [3.05, 3.63) is 58.7 Å². The number of nitrogens with zero attached hydrogens (tertiary/aromatic N) is 2. The summed E-state index contributed by atoms with van der Waals surface area (Å²) < 4.78 is 16.4. The highest BCUT2D eigenvalue weighted by Crippen LogP contribution is 2.29. The van der Waals surface area contributed by atoms with E-state index in [1.807, 2.05) is 6.07 Å². The van der Waals surface area contributed by atoms with Gasteiger partial charge in [-0.15, -0.1) is 0 Å². The highest BCUT2D eigenvalue weighted by atomic mass is 16.6. The molecule has 228 valence electrons. The molecule has 0 aliphatic carbocycles. The maximum Gasteiger partial charge on any atom is 0.306 e. The number of primary amides is 1. The summed E-state index contributed by atoms with van der Waals surface area (Å²) in [4.78, 5) is 54.0. The smallest absolute Gasteiger partial charge is 0.306 e. The van der Waals surface area contributed by atoms with Gasteiger partial charge in [0.1, 0.15) is 17.4 Å². The number of hydrogen-bond donors (Lipinski definition) is 2. The van der Waals surface area contributed by atoms with Gasteiger partial charge in [-0.05, 0) is 63.1 Å². The van der Waals surface area contributed by atoms with Crippen molar-refractivity contribution < 1.29 is 33.4 Å². The molecule has 11 nitrogen and oxygen atoms in total. The van der Waals surface area contributed by atoms with Gasteiger partial charge < -0.3 is 35.5 Å². The summed E-state index contributed by atoms with van der Waals surface area (Å²) in [6.07, 6.45) is 0.0888. The van der Waals surface area contributed by atoms with Crippen LogP contribution in [0.25, 0.3) is 0 Å². The molecule has 3 amide bonds. The Morgan fingerprint density at radius 3 is 2.65 bits per heavy atom. The van der Waals surface area contributed by atoms with Crippen molar-refractivity contribution in [3.8, 4) is 17.6 Å². The zero-order chi connectivity index (χ0) is 31.3. The maximum atomic E-state index is 13.2. The average Bonchev–Trinajstić information content (AvgIpc) is 3.28. The number of methoxy groups -OCH3 is 1. The maximum absolute atomic E-state index is 13.2. The van der Waals surface area contributed by atoms with Gasteiger partial charge in [-0.2, -0.15) is 0 Å². The van der Waals surface area contributed by atoms with Crippen molar-refractivity contribution in [2.45, 2.75) is 64.3 Å². The fraction of sp³-hybridized carbons (Fsp3) is 0.438. The summed E-state index contributed by atoms with van der Waals surface area (Å²) in [5.41, 5.74) is 13.6. The first-order valence-electron chi connectivity index (χ1n) is 14.1. The molecule has 0 saturated carbocycles. The number of fused-ring (bicyclic) bond motifs is 1. The normalized spacial score (nSPS) is 17.0. The number of rotatable bonds is 8. The van der Waals surface area contributed by atoms with E-state index in [9.17, 15) is 19.2 Å². The largest absolute Gasteiger partial charge is 0.495 e. The summed E-state index contributed by atoms with van der Waals surface area (Å²) in [6, 6.07) is 9.22. The Balaban J connectivity index is 1.41. The van der Waals surface area contributed by atoms with Crippen LogP contribution in [0.3, 0.4) is 0 Å². The van der Waals surface area contributed by atoms with Crippen LogP contribution in [0.1, 0.15) is 71.9 Å². The molecule has 0 aromatic heterocycles. The molecule has 4 N–H and O–H groups in total. The molecule has 2 aliphatic rings. The first kappa shape index (κ1) is 31.4. The molecular formula is C32H38N4O7. The number of morpholine rings is 1. The minimum absolute atomic E-state index is 0.0511. The quantitative estimate of drug-likeness (QED) is 0.270. The molecule has 11 heteroatoms. The number of carbonyl (C=O) groups excluding carboxylic acids is 4. The predicted molar refractivity (Wildman–Crippen MR) is 159 cm³/mol. The van der Waals surface area contributed by atoms with Gasteiger partial charge in [0, 0.05) is 49.2 Å². The molecule has 4 rings (SSSR count). The first-order valence-corrected chi connectivity index (χ1v) is 14.1. The van der Waals surface area contributed by atoms with E-state index in [0.717, 1.165) is 0 Å². The topological polar surface area (TPSA) is 154 Å². The van der Waals surface area contributed by atoms with Gasteiger partial charge in [-0.3, -0.25) is 19.2 Å². The van der Waals surface area contributed by atoms with Crippen LogP contribution >= 0.6 is 0 Å². The van der Waals surface area contributed by atoms with Crippen LogP contribution in [0.15, 0.2) is 36.4 Å². The van der Waals surface area contributed by atoms with Crippen LogP contribution < -0.4 is 16.2 Å². The van der Waals surface area contributed by atoms with Gasteiger partial charge in [0.25, 0.3) is 11.8 Å². The van der Waals surface area contributed by atoms with E-state index in [-0.39, 0.29) is 37.3 Å². The summed E-state index contributed by atoms with van der Waals surface area (Å²) in [7, 11) is 1.50. The number of nitrogens with two attached hydrogens (primary N) is 2. The van der Waals surface area contributed by atoms with Gasteiger partial charge in [-0.25, -0.2) is 0 Å². The van der Waals surface area contributed by atoms with Crippen LogP contribution in [0.2, 0.25) is 0 Å². The molecule has 0 bridgehead atoms. The molecule has 2 atom stereocenters. The molecule has 0 radical (unpaired) electrons. The third-order valence-electron chi connectivity index (χ3n) is 7.20. The zero-order valence-corrected chi connectivity index (χ0v) is 25.0. The third-order valence-corrected chi connectivity index (χ3v) is 7.20. The summed E-state index contributed by atoms with van der Waals surface area (Å²) >= 11 is 0. The van der Waals surface area contributed by atoms with Crippen molar-refractivity contribution in [1.29, 1.82) is 0 Å². The molecule has 0 spiro atoms. The molecule has 2 aromatic carbocycles. The fourth-order valence-electron chi connectivity index (χ4n) is 5.14. The minimum atomic E-state index is -0.964. The van der Waals surface area contributed by atoms with E-state index in [4.69, 9.17) is 25.7 Å². The van der Waals surface area contributed by atoms with Gasteiger partial charge in [0.15, 0.2) is 0 Å². The van der Waals surface area contributed by atoms with Crippen LogP contribution in [-0.2, 0) is 25.6 Å². The summed E-state index contributed by atoms with van der Waals surface area (Å²) in [5, 5.41) is 0. The van der Waals surface area contributed by atoms with Crippen LogP contribution in [0.4, 0.5) is 5.69 Å². The second-order valence-electron chi connectivity index (χ2n) is 11.5. The molecule has 0 unspecified atom stereocenters. The molecule has 2 aromatic rings. The minimum Gasteiger partial charge on any atom is -0.495 e. The molecule has 2 aliphatic heterocycles. The van der Waals surface area contributed by atoms with E-state index >= 15 is 0 Å². The number of anilines is 1. The van der Waals surface area contributed by atoms with E-state index in [1.54, 1.807) is 56.0 Å². The Labute approximate surface area is 251 Å². The molecule has 43 heavy (non-hydrogen) atoms. The highest BCUT2D eigenvalue weighted by molar-refractivity contribution is 6.01. The highest BCUT2D eigenvalue weighted by Gasteiger charge is 2.37. The zero-order valence-electron chi connectivity index (χ0n) is 25.0. The van der Waals surface area contributed by atoms with E-state index in [0.29, 0.717) is 59.8 Å². The number of benzene rings is 2. The number of amides is 3. The number of hydrogen-bond acceptors (Lipinski definition) is 8. The number of nitrogen functional groups attached to an aromatic ring is 1. The van der Waals surface area contributed by atoms with E-state index < -0.39 is 23.5 Å². The van der Waals surface area contributed by atoms with E-state index in [1.165, 1.54) is 12.0 Å². The summed E-state index contributed by atoms with van der Waals surface area (Å²) in [6.45, 7) is 6.63. The fourth-order valence-corrected chi connectivity index (χ4v) is 5.14. The Morgan fingerprint density at radius 2 is 1.95 bits per heavy atom. The van der Waals surface area contributed by atoms with Crippen LogP contribution in [0.5, 0.6) is 5.75 Å². The van der Waals surface area contributed by atoms with Gasteiger partial charge in [0.05, 0.1) is 25.5 Å². The van der Waals surface area contributed by atoms with Crippen LogP contribution in [-0.4, -0.2) is 78.0 Å². The Kier molecular flexibility index (Phi) is 9.61. The Bertz CT molecular complexity index is 1470. The third kappa shape index (κ3) is 7.64. The SMILES string of the molecule is COc1cc(C(=O)N2CCO[C@@H](CC#Cc3cccc4c3CN([C@@H](CCC(=O)OC(C)(C)C)C(N)=O)C4=O)C2)ccc1N. The van der Waals surface area contributed by atoms with Crippen molar-refractivity contribution in [2.24, 2.45) is 5.73 Å². The Hall–Kier alpha value is -4.56. The van der Waals surface area contributed by atoms with Gasteiger partial charge in [-0.1, -0.05) is 17.9 Å². The van der Waals surface area contributed by atoms with Gasteiger partial charge in [0.2, 0.25) is 5.91 Å². The van der Waals surface area contributed by atoms with Crippen molar-refractivity contribution in [2.75, 3.05) is 32.5 Å². The van der Waals surface area contributed by atoms with Gasteiger partial charge >= 0.3 is 5.97 Å².